The second-order valence-electron chi connectivity index (χ2n) is 5.53. The van der Waals surface area contributed by atoms with Crippen molar-refractivity contribution in [2.75, 3.05) is 0 Å². The van der Waals surface area contributed by atoms with Crippen molar-refractivity contribution in [1.82, 2.24) is 10.6 Å². The van der Waals surface area contributed by atoms with E-state index in [1.54, 1.807) is 23.5 Å². The molecular weight excluding hydrogens is 312 g/mol. The molecule has 118 valence electrons. The summed E-state index contributed by atoms with van der Waals surface area (Å²) < 4.78 is 0. The number of amides is 3. The number of imide groups is 1. The van der Waals surface area contributed by atoms with Crippen molar-refractivity contribution in [2.24, 2.45) is 5.92 Å². The highest BCUT2D eigenvalue weighted by molar-refractivity contribution is 7.07. The molecule has 1 unspecified atom stereocenters. The van der Waals surface area contributed by atoms with Crippen LogP contribution in [0.1, 0.15) is 27.9 Å². The van der Waals surface area contributed by atoms with Crippen molar-refractivity contribution in [3.63, 3.8) is 0 Å². The third-order valence-corrected chi connectivity index (χ3v) is 4.53. The molecule has 3 rings (SSSR count). The van der Waals surface area contributed by atoms with E-state index in [0.717, 1.165) is 11.1 Å². The molecule has 0 spiro atoms. The largest absolute Gasteiger partial charge is 0.348 e. The van der Waals surface area contributed by atoms with Gasteiger partial charge in [0.25, 0.3) is 5.91 Å². The Morgan fingerprint density at radius 2 is 1.96 bits per heavy atom. The predicted octanol–water partition coefficient (Wildman–Crippen LogP) is 1.88. The smallest absolute Gasteiger partial charge is 0.251 e. The van der Waals surface area contributed by atoms with Crippen LogP contribution in [0.3, 0.4) is 0 Å². The molecule has 0 aliphatic carbocycles. The number of nitrogens with one attached hydrogen (secondary N) is 2. The van der Waals surface area contributed by atoms with Crippen LogP contribution in [0.5, 0.6) is 0 Å². The number of benzene rings is 1. The van der Waals surface area contributed by atoms with E-state index in [1.165, 1.54) is 0 Å². The van der Waals surface area contributed by atoms with E-state index in [9.17, 15) is 14.4 Å². The van der Waals surface area contributed by atoms with Crippen LogP contribution in [0, 0.1) is 5.92 Å². The Morgan fingerprint density at radius 3 is 2.57 bits per heavy atom. The van der Waals surface area contributed by atoms with Crippen LogP contribution in [0.15, 0.2) is 41.1 Å². The van der Waals surface area contributed by atoms with Gasteiger partial charge < -0.3 is 5.32 Å². The number of carbonyl (C=O) groups is 3. The van der Waals surface area contributed by atoms with Gasteiger partial charge in [-0.15, -0.1) is 0 Å². The fourth-order valence-electron chi connectivity index (χ4n) is 2.53. The molecule has 1 aliphatic rings. The maximum atomic E-state index is 12.1. The maximum Gasteiger partial charge on any atom is 0.251 e. The third-order valence-electron chi connectivity index (χ3n) is 3.80. The number of hydrogen-bond donors (Lipinski definition) is 2. The lowest BCUT2D eigenvalue weighted by Gasteiger charge is -2.08. The Morgan fingerprint density at radius 1 is 1.17 bits per heavy atom. The zero-order valence-corrected chi connectivity index (χ0v) is 13.2. The highest BCUT2D eigenvalue weighted by Crippen LogP contribution is 2.17. The first-order valence-corrected chi connectivity index (χ1v) is 8.28. The van der Waals surface area contributed by atoms with E-state index >= 15 is 0 Å². The third kappa shape index (κ3) is 3.84. The SMILES string of the molecule is O=C1CC(Cc2ccc(C(=O)NCc3ccsc3)cc2)C(=O)N1. The second-order valence-corrected chi connectivity index (χ2v) is 6.31. The van der Waals surface area contributed by atoms with Gasteiger partial charge in [0.15, 0.2) is 0 Å². The van der Waals surface area contributed by atoms with E-state index in [4.69, 9.17) is 0 Å². The van der Waals surface area contributed by atoms with Crippen LogP contribution in [0.25, 0.3) is 0 Å². The average Bonchev–Trinajstić information content (AvgIpc) is 3.16. The van der Waals surface area contributed by atoms with E-state index in [2.05, 4.69) is 10.6 Å². The second kappa shape index (κ2) is 6.75. The molecule has 0 bridgehead atoms. The van der Waals surface area contributed by atoms with E-state index in [0.29, 0.717) is 18.5 Å². The Kier molecular flexibility index (Phi) is 4.52. The topological polar surface area (TPSA) is 75.3 Å². The number of hydrogen-bond acceptors (Lipinski definition) is 4. The molecule has 1 aromatic carbocycles. The highest BCUT2D eigenvalue weighted by atomic mass is 32.1. The lowest BCUT2D eigenvalue weighted by Crippen LogP contribution is -2.23. The first-order chi connectivity index (χ1) is 11.1. The van der Waals surface area contributed by atoms with Gasteiger partial charge in [0.1, 0.15) is 0 Å². The summed E-state index contributed by atoms with van der Waals surface area (Å²) in [6.07, 6.45) is 0.746. The normalized spacial score (nSPS) is 17.1. The highest BCUT2D eigenvalue weighted by Gasteiger charge is 2.30. The number of rotatable bonds is 5. The van der Waals surface area contributed by atoms with Gasteiger partial charge >= 0.3 is 0 Å². The minimum atomic E-state index is -0.305. The Labute approximate surface area is 137 Å². The van der Waals surface area contributed by atoms with Crippen LogP contribution in [0.4, 0.5) is 0 Å². The molecule has 0 saturated carbocycles. The minimum absolute atomic E-state index is 0.128. The van der Waals surface area contributed by atoms with Crippen molar-refractivity contribution >= 4 is 29.1 Å². The molecule has 3 amide bonds. The first kappa shape index (κ1) is 15.4. The average molecular weight is 328 g/mol. The lowest BCUT2D eigenvalue weighted by atomic mass is 9.97. The summed E-state index contributed by atoms with van der Waals surface area (Å²) in [5, 5.41) is 9.14. The summed E-state index contributed by atoms with van der Waals surface area (Å²) >= 11 is 1.60. The molecule has 2 heterocycles. The quantitative estimate of drug-likeness (QED) is 0.823. The molecule has 5 nitrogen and oxygen atoms in total. The van der Waals surface area contributed by atoms with Crippen LogP contribution in [-0.2, 0) is 22.6 Å². The molecular formula is C17H16N2O3S. The predicted molar refractivity (Wildman–Crippen MR) is 86.9 cm³/mol. The van der Waals surface area contributed by atoms with Crippen LogP contribution < -0.4 is 10.6 Å². The molecule has 2 aromatic rings. The monoisotopic (exact) mass is 328 g/mol. The lowest BCUT2D eigenvalue weighted by molar-refractivity contribution is -0.125. The van der Waals surface area contributed by atoms with Gasteiger partial charge in [-0.05, 0) is 46.5 Å². The zero-order valence-electron chi connectivity index (χ0n) is 12.4. The van der Waals surface area contributed by atoms with Gasteiger partial charge in [-0.2, -0.15) is 11.3 Å². The molecule has 1 fully saturated rings. The molecule has 1 aliphatic heterocycles. The Balaban J connectivity index is 1.57. The van der Waals surface area contributed by atoms with Crippen molar-refractivity contribution in [2.45, 2.75) is 19.4 Å². The molecule has 6 heteroatoms. The Hall–Kier alpha value is -2.47. The van der Waals surface area contributed by atoms with Crippen molar-refractivity contribution < 1.29 is 14.4 Å². The van der Waals surface area contributed by atoms with E-state index in [1.807, 2.05) is 29.0 Å². The van der Waals surface area contributed by atoms with E-state index in [-0.39, 0.29) is 30.1 Å². The van der Waals surface area contributed by atoms with Gasteiger partial charge in [0.05, 0.1) is 5.92 Å². The van der Waals surface area contributed by atoms with Gasteiger partial charge in [0, 0.05) is 18.5 Å². The van der Waals surface area contributed by atoms with E-state index < -0.39 is 0 Å². The number of thiophene rings is 1. The standard InChI is InChI=1S/C17H16N2O3S/c20-15-8-14(17(22)19-15)7-11-1-3-13(4-2-11)16(21)18-9-12-5-6-23-10-12/h1-6,10,14H,7-9H2,(H,18,21)(H,19,20,22). The summed E-state index contributed by atoms with van der Waals surface area (Å²) in [5.41, 5.74) is 2.60. The summed E-state index contributed by atoms with van der Waals surface area (Å²) in [6.45, 7) is 0.508. The molecule has 1 saturated heterocycles. The molecule has 1 aromatic heterocycles. The van der Waals surface area contributed by atoms with Crippen LogP contribution >= 0.6 is 11.3 Å². The summed E-state index contributed by atoms with van der Waals surface area (Å²) in [6, 6.07) is 9.12. The molecule has 2 N–H and O–H groups in total. The van der Waals surface area contributed by atoms with Gasteiger partial charge in [0.2, 0.25) is 11.8 Å². The van der Waals surface area contributed by atoms with Gasteiger partial charge in [-0.3, -0.25) is 19.7 Å². The first-order valence-electron chi connectivity index (χ1n) is 7.34. The summed E-state index contributed by atoms with van der Waals surface area (Å²) in [5.74, 6) is -0.866. The fourth-order valence-corrected chi connectivity index (χ4v) is 3.19. The zero-order chi connectivity index (χ0) is 16.2. The van der Waals surface area contributed by atoms with Crippen molar-refractivity contribution in [3.05, 3.63) is 57.8 Å². The van der Waals surface area contributed by atoms with Crippen LogP contribution in [-0.4, -0.2) is 17.7 Å². The number of carbonyl (C=O) groups excluding carboxylic acids is 3. The van der Waals surface area contributed by atoms with Gasteiger partial charge in [-0.25, -0.2) is 0 Å². The summed E-state index contributed by atoms with van der Waals surface area (Å²) in [7, 11) is 0. The Bertz CT molecular complexity index is 723. The summed E-state index contributed by atoms with van der Waals surface area (Å²) in [4.78, 5) is 34.8. The van der Waals surface area contributed by atoms with Gasteiger partial charge in [-0.1, -0.05) is 12.1 Å². The van der Waals surface area contributed by atoms with Crippen molar-refractivity contribution in [3.8, 4) is 0 Å². The van der Waals surface area contributed by atoms with Crippen LogP contribution in [0.2, 0.25) is 0 Å². The fraction of sp³-hybridized carbons (Fsp3) is 0.235. The molecule has 23 heavy (non-hydrogen) atoms. The molecule has 0 radical (unpaired) electrons. The molecule has 1 atom stereocenters. The maximum absolute atomic E-state index is 12.1. The minimum Gasteiger partial charge on any atom is -0.348 e. The van der Waals surface area contributed by atoms with Crippen molar-refractivity contribution in [1.29, 1.82) is 0 Å².